The molecule has 0 unspecified atom stereocenters. The number of carbonyl (C=O) groups excluding carboxylic acids is 1. The summed E-state index contributed by atoms with van der Waals surface area (Å²) in [5.41, 5.74) is 8.54. The first-order valence-corrected chi connectivity index (χ1v) is 9.21. The second-order valence-corrected chi connectivity index (χ2v) is 7.21. The Kier molecular flexibility index (Phi) is 3.99. The number of aromatic nitrogens is 3. The van der Waals surface area contributed by atoms with Crippen LogP contribution in [0, 0.1) is 5.82 Å². The first-order valence-electron chi connectivity index (χ1n) is 9.21. The fraction of sp³-hybridized carbons (Fsp3) is 0.474. The van der Waals surface area contributed by atoms with Crippen LogP contribution in [0.1, 0.15) is 49.0 Å². The van der Waals surface area contributed by atoms with E-state index in [0.717, 1.165) is 50.1 Å². The fourth-order valence-corrected chi connectivity index (χ4v) is 4.36. The van der Waals surface area contributed by atoms with E-state index >= 15 is 0 Å². The maximum atomic E-state index is 13.9. The zero-order valence-electron chi connectivity index (χ0n) is 15.2. The molecule has 2 aromatic heterocycles. The molecule has 26 heavy (non-hydrogen) atoms. The SMILES string of the molecule is CCN1CCC(CC)(c2c[nH]n3c2nc2cc(F)cc(C(N)=O)c23)CC1. The van der Waals surface area contributed by atoms with Gasteiger partial charge in [0.25, 0.3) is 5.91 Å². The van der Waals surface area contributed by atoms with Gasteiger partial charge < -0.3 is 10.6 Å². The molecule has 0 radical (unpaired) electrons. The smallest absolute Gasteiger partial charge is 0.251 e. The molecule has 1 aliphatic rings. The molecule has 3 aromatic rings. The Morgan fingerprint density at radius 1 is 1.35 bits per heavy atom. The minimum absolute atomic E-state index is 0.0414. The Morgan fingerprint density at radius 2 is 2.08 bits per heavy atom. The number of hydrogen-bond donors (Lipinski definition) is 2. The Labute approximate surface area is 151 Å². The molecule has 3 N–H and O–H groups in total. The van der Waals surface area contributed by atoms with Crippen LogP contribution in [0.4, 0.5) is 4.39 Å². The maximum absolute atomic E-state index is 13.9. The van der Waals surface area contributed by atoms with Crippen LogP contribution in [-0.2, 0) is 5.41 Å². The lowest BCUT2D eigenvalue weighted by Gasteiger charge is -2.40. The van der Waals surface area contributed by atoms with Crippen LogP contribution in [0.2, 0.25) is 0 Å². The van der Waals surface area contributed by atoms with E-state index < -0.39 is 11.7 Å². The van der Waals surface area contributed by atoms with Gasteiger partial charge in [0.1, 0.15) is 11.3 Å². The van der Waals surface area contributed by atoms with Gasteiger partial charge in [-0.2, -0.15) is 0 Å². The highest BCUT2D eigenvalue weighted by Crippen LogP contribution is 2.41. The number of H-pyrrole nitrogens is 1. The molecule has 0 spiro atoms. The van der Waals surface area contributed by atoms with Crippen molar-refractivity contribution in [2.75, 3.05) is 19.6 Å². The van der Waals surface area contributed by atoms with Crippen LogP contribution in [0.5, 0.6) is 0 Å². The van der Waals surface area contributed by atoms with Crippen molar-refractivity contribution in [2.45, 2.75) is 38.5 Å². The number of amides is 1. The number of hydrogen-bond acceptors (Lipinski definition) is 3. The van der Waals surface area contributed by atoms with E-state index in [1.165, 1.54) is 12.1 Å². The molecule has 6 nitrogen and oxygen atoms in total. The predicted molar refractivity (Wildman–Crippen MR) is 98.8 cm³/mol. The van der Waals surface area contributed by atoms with E-state index in [9.17, 15) is 9.18 Å². The molecule has 0 atom stereocenters. The van der Waals surface area contributed by atoms with Gasteiger partial charge >= 0.3 is 0 Å². The second-order valence-electron chi connectivity index (χ2n) is 7.21. The fourth-order valence-electron chi connectivity index (χ4n) is 4.36. The Balaban J connectivity index is 1.90. The van der Waals surface area contributed by atoms with Gasteiger partial charge in [-0.3, -0.25) is 9.89 Å². The number of aromatic amines is 1. The highest BCUT2D eigenvalue weighted by molar-refractivity contribution is 6.05. The van der Waals surface area contributed by atoms with Gasteiger partial charge in [0.15, 0.2) is 5.65 Å². The summed E-state index contributed by atoms with van der Waals surface area (Å²) in [4.78, 5) is 18.9. The minimum atomic E-state index is -0.658. The number of fused-ring (bicyclic) bond motifs is 3. The van der Waals surface area contributed by atoms with Crippen molar-refractivity contribution in [2.24, 2.45) is 5.73 Å². The third-order valence-corrected chi connectivity index (χ3v) is 6.07. The quantitative estimate of drug-likeness (QED) is 0.753. The van der Waals surface area contributed by atoms with Gasteiger partial charge in [-0.15, -0.1) is 0 Å². The molecule has 138 valence electrons. The number of likely N-dealkylation sites (tertiary alicyclic amines) is 1. The molecule has 0 bridgehead atoms. The van der Waals surface area contributed by atoms with Crippen LogP contribution in [0.15, 0.2) is 18.3 Å². The molecular weight excluding hydrogens is 333 g/mol. The molecule has 1 saturated heterocycles. The van der Waals surface area contributed by atoms with Gasteiger partial charge in [-0.25, -0.2) is 13.9 Å². The number of benzene rings is 1. The van der Waals surface area contributed by atoms with Crippen LogP contribution < -0.4 is 5.73 Å². The van der Waals surface area contributed by atoms with Crippen LogP contribution in [-0.4, -0.2) is 45.0 Å². The second kappa shape index (κ2) is 6.09. The summed E-state index contributed by atoms with van der Waals surface area (Å²) in [6.45, 7) is 7.58. The average molecular weight is 357 g/mol. The number of piperidine rings is 1. The third-order valence-electron chi connectivity index (χ3n) is 6.07. The highest BCUT2D eigenvalue weighted by atomic mass is 19.1. The van der Waals surface area contributed by atoms with Gasteiger partial charge in [0.2, 0.25) is 0 Å². The van der Waals surface area contributed by atoms with Gasteiger partial charge in [-0.1, -0.05) is 13.8 Å². The van der Waals surface area contributed by atoms with Crippen molar-refractivity contribution < 1.29 is 9.18 Å². The molecule has 1 amide bonds. The van der Waals surface area contributed by atoms with E-state index in [0.29, 0.717) is 11.0 Å². The van der Waals surface area contributed by atoms with E-state index in [-0.39, 0.29) is 11.0 Å². The topological polar surface area (TPSA) is 79.4 Å². The largest absolute Gasteiger partial charge is 0.366 e. The molecule has 1 aromatic carbocycles. The Morgan fingerprint density at radius 3 is 2.69 bits per heavy atom. The summed E-state index contributed by atoms with van der Waals surface area (Å²) in [5.74, 6) is -1.16. The first kappa shape index (κ1) is 17.0. The van der Waals surface area contributed by atoms with E-state index in [1.54, 1.807) is 4.52 Å². The number of carbonyl (C=O) groups is 1. The van der Waals surface area contributed by atoms with Gasteiger partial charge in [-0.05, 0) is 45.0 Å². The monoisotopic (exact) mass is 357 g/mol. The number of halogens is 1. The summed E-state index contributed by atoms with van der Waals surface area (Å²) in [6.07, 6.45) is 5.12. The van der Waals surface area contributed by atoms with Gasteiger partial charge in [0, 0.05) is 23.2 Å². The molecule has 3 heterocycles. The number of imidazole rings is 1. The number of nitrogens with zero attached hydrogens (tertiary/aromatic N) is 3. The molecule has 1 aliphatic heterocycles. The Bertz CT molecular complexity index is 981. The lowest BCUT2D eigenvalue weighted by Crippen LogP contribution is -2.42. The minimum Gasteiger partial charge on any atom is -0.366 e. The molecule has 0 saturated carbocycles. The standard InChI is InChI=1S/C19H24FN5O/c1-3-19(5-7-24(4-2)8-6-19)14-11-22-25-16-13(17(21)26)9-12(20)10-15(16)23-18(14)25/h9-11,22H,3-8H2,1-2H3,(H2,21,26). The van der Waals surface area contributed by atoms with Crippen molar-refractivity contribution in [3.05, 3.63) is 35.3 Å². The van der Waals surface area contributed by atoms with Crippen molar-refractivity contribution >= 4 is 22.6 Å². The normalized spacial score (nSPS) is 18.0. The molecule has 7 heteroatoms. The summed E-state index contributed by atoms with van der Waals surface area (Å²) < 4.78 is 15.7. The Hall–Kier alpha value is -2.41. The molecular formula is C19H24FN5O. The predicted octanol–water partition coefficient (Wildman–Crippen LogP) is 2.82. The van der Waals surface area contributed by atoms with E-state index in [1.807, 2.05) is 6.20 Å². The number of nitrogens with two attached hydrogens (primary N) is 1. The van der Waals surface area contributed by atoms with E-state index in [4.69, 9.17) is 5.73 Å². The average Bonchev–Trinajstić information content (AvgIpc) is 3.19. The molecule has 1 fully saturated rings. The summed E-state index contributed by atoms with van der Waals surface area (Å²) in [5, 5.41) is 3.22. The first-order chi connectivity index (χ1) is 12.5. The number of primary amides is 1. The molecule has 4 rings (SSSR count). The maximum Gasteiger partial charge on any atom is 0.251 e. The summed E-state index contributed by atoms with van der Waals surface area (Å²) in [6, 6.07) is 2.53. The van der Waals surface area contributed by atoms with Crippen LogP contribution in [0.3, 0.4) is 0 Å². The van der Waals surface area contributed by atoms with Crippen LogP contribution >= 0.6 is 0 Å². The zero-order valence-corrected chi connectivity index (χ0v) is 15.2. The highest BCUT2D eigenvalue weighted by Gasteiger charge is 2.37. The lowest BCUT2D eigenvalue weighted by atomic mass is 9.72. The van der Waals surface area contributed by atoms with Crippen molar-refractivity contribution in [3.63, 3.8) is 0 Å². The van der Waals surface area contributed by atoms with Crippen molar-refractivity contribution in [1.82, 2.24) is 19.5 Å². The van der Waals surface area contributed by atoms with Crippen molar-refractivity contribution in [3.8, 4) is 0 Å². The lowest BCUT2D eigenvalue weighted by molar-refractivity contribution is 0.100. The third kappa shape index (κ3) is 2.41. The number of rotatable bonds is 4. The van der Waals surface area contributed by atoms with Crippen molar-refractivity contribution in [1.29, 1.82) is 0 Å². The summed E-state index contributed by atoms with van der Waals surface area (Å²) >= 11 is 0. The van der Waals surface area contributed by atoms with E-state index in [2.05, 4.69) is 28.8 Å². The number of nitrogens with one attached hydrogen (secondary N) is 1. The molecule has 0 aliphatic carbocycles. The van der Waals surface area contributed by atoms with Crippen LogP contribution in [0.25, 0.3) is 16.7 Å². The zero-order chi connectivity index (χ0) is 18.5. The van der Waals surface area contributed by atoms with Gasteiger partial charge in [0.05, 0.1) is 11.1 Å². The summed E-state index contributed by atoms with van der Waals surface area (Å²) in [7, 11) is 0.